The van der Waals surface area contributed by atoms with Gasteiger partial charge in [-0.1, -0.05) is 18.2 Å². The molecule has 0 spiro atoms. The van der Waals surface area contributed by atoms with E-state index in [0.717, 1.165) is 49.4 Å². The first-order valence-electron chi connectivity index (χ1n) is 10.2. The van der Waals surface area contributed by atoms with E-state index >= 15 is 0 Å². The van der Waals surface area contributed by atoms with Crippen LogP contribution in [0, 0.1) is 0 Å². The van der Waals surface area contributed by atoms with Gasteiger partial charge in [-0.05, 0) is 54.8 Å². The summed E-state index contributed by atoms with van der Waals surface area (Å²) in [7, 11) is -3.58. The second-order valence-electron chi connectivity index (χ2n) is 7.33. The molecule has 9 heteroatoms. The van der Waals surface area contributed by atoms with E-state index in [1.165, 1.54) is 23.5 Å². The lowest BCUT2D eigenvalue weighted by molar-refractivity contribution is 0.0376. The summed E-state index contributed by atoms with van der Waals surface area (Å²) >= 11 is 1.43. The third-order valence-corrected chi connectivity index (χ3v) is 7.71. The van der Waals surface area contributed by atoms with Crippen molar-refractivity contribution in [2.75, 3.05) is 44.7 Å². The highest BCUT2D eigenvalue weighted by atomic mass is 32.2. The highest BCUT2D eigenvalue weighted by Crippen LogP contribution is 2.26. The summed E-state index contributed by atoms with van der Waals surface area (Å²) in [5.41, 5.74) is 0.550. The Balaban J connectivity index is 1.30. The molecule has 7 nitrogen and oxygen atoms in total. The summed E-state index contributed by atoms with van der Waals surface area (Å²) in [6.07, 6.45) is 0.739. The van der Waals surface area contributed by atoms with Crippen LogP contribution in [-0.2, 0) is 14.8 Å². The van der Waals surface area contributed by atoms with E-state index in [1.807, 2.05) is 30.3 Å². The highest BCUT2D eigenvalue weighted by Gasteiger charge is 2.15. The van der Waals surface area contributed by atoms with Crippen LogP contribution in [-0.4, -0.2) is 58.6 Å². The molecule has 1 aliphatic heterocycles. The van der Waals surface area contributed by atoms with Gasteiger partial charge in [-0.25, -0.2) is 13.1 Å². The number of sulfonamides is 1. The maximum absolute atomic E-state index is 12.5. The average molecular weight is 460 g/mol. The van der Waals surface area contributed by atoms with Crippen LogP contribution in [0.1, 0.15) is 16.1 Å². The fraction of sp³-hybridized carbons (Fsp3) is 0.318. The molecule has 2 heterocycles. The highest BCUT2D eigenvalue weighted by molar-refractivity contribution is 7.89. The van der Waals surface area contributed by atoms with Gasteiger partial charge < -0.3 is 10.1 Å². The number of hydrogen-bond donors (Lipinski definition) is 2. The lowest BCUT2D eigenvalue weighted by Crippen LogP contribution is -2.38. The van der Waals surface area contributed by atoms with Gasteiger partial charge in [-0.2, -0.15) is 0 Å². The van der Waals surface area contributed by atoms with Crippen molar-refractivity contribution < 1.29 is 17.9 Å². The summed E-state index contributed by atoms with van der Waals surface area (Å²) in [5.74, 6) is -0.210. The molecule has 0 unspecified atom stereocenters. The van der Waals surface area contributed by atoms with Crippen molar-refractivity contribution in [2.45, 2.75) is 11.3 Å². The van der Waals surface area contributed by atoms with Crippen LogP contribution in [0.15, 0.2) is 59.5 Å². The third kappa shape index (κ3) is 5.69. The molecule has 0 bridgehead atoms. The van der Waals surface area contributed by atoms with E-state index in [0.29, 0.717) is 17.1 Å². The normalized spacial score (nSPS) is 15.2. The quantitative estimate of drug-likeness (QED) is 0.505. The first-order valence-corrected chi connectivity index (χ1v) is 12.5. The standard InChI is InChI=1S/C22H25N3O4S2/c26-22(21-16-17-4-1-2-5-20(17)30-21)24-18-6-8-19(9-7-18)31(27,28)23-10-3-11-25-12-14-29-15-13-25/h1-2,4-9,16,23H,3,10-15H2,(H,24,26). The van der Waals surface area contributed by atoms with Gasteiger partial charge in [0.15, 0.2) is 0 Å². The van der Waals surface area contributed by atoms with Crippen molar-refractivity contribution >= 4 is 43.0 Å². The van der Waals surface area contributed by atoms with Crippen molar-refractivity contribution in [1.82, 2.24) is 9.62 Å². The molecule has 1 fully saturated rings. The fourth-order valence-corrected chi connectivity index (χ4v) is 5.45. The minimum Gasteiger partial charge on any atom is -0.379 e. The Hall–Kier alpha value is -2.30. The van der Waals surface area contributed by atoms with Crippen molar-refractivity contribution in [3.63, 3.8) is 0 Å². The smallest absolute Gasteiger partial charge is 0.265 e. The van der Waals surface area contributed by atoms with E-state index in [2.05, 4.69) is 14.9 Å². The van der Waals surface area contributed by atoms with Gasteiger partial charge in [0.25, 0.3) is 5.91 Å². The van der Waals surface area contributed by atoms with Crippen LogP contribution in [0.5, 0.6) is 0 Å². The fourth-order valence-electron chi connectivity index (χ4n) is 3.42. The van der Waals surface area contributed by atoms with Gasteiger partial charge in [0.1, 0.15) is 0 Å². The van der Waals surface area contributed by atoms with Crippen LogP contribution in [0.25, 0.3) is 10.1 Å². The zero-order valence-corrected chi connectivity index (χ0v) is 18.7. The molecule has 2 aromatic carbocycles. The summed E-state index contributed by atoms with van der Waals surface area (Å²) in [4.78, 5) is 15.6. The number of anilines is 1. The molecular weight excluding hydrogens is 434 g/mol. The van der Waals surface area contributed by atoms with Gasteiger partial charge in [-0.3, -0.25) is 9.69 Å². The zero-order valence-electron chi connectivity index (χ0n) is 17.0. The van der Waals surface area contributed by atoms with Crippen molar-refractivity contribution in [2.24, 2.45) is 0 Å². The Labute approximate surface area is 186 Å². The van der Waals surface area contributed by atoms with Gasteiger partial charge in [0.05, 0.1) is 23.0 Å². The number of morpholine rings is 1. The second-order valence-corrected chi connectivity index (χ2v) is 10.2. The lowest BCUT2D eigenvalue weighted by Gasteiger charge is -2.26. The molecule has 4 rings (SSSR count). The number of ether oxygens (including phenoxy) is 1. The zero-order chi connectivity index (χ0) is 21.7. The van der Waals surface area contributed by atoms with Gasteiger partial charge >= 0.3 is 0 Å². The van der Waals surface area contributed by atoms with Crippen LogP contribution in [0.2, 0.25) is 0 Å². The Morgan fingerprint density at radius 1 is 1.06 bits per heavy atom. The summed E-state index contributed by atoms with van der Waals surface area (Å²) < 4.78 is 34.0. The minimum absolute atomic E-state index is 0.179. The molecule has 1 amide bonds. The molecule has 0 radical (unpaired) electrons. The second kappa shape index (κ2) is 9.88. The largest absolute Gasteiger partial charge is 0.379 e. The molecule has 0 atom stereocenters. The van der Waals surface area contributed by atoms with Crippen LogP contribution < -0.4 is 10.0 Å². The van der Waals surface area contributed by atoms with Gasteiger partial charge in [-0.15, -0.1) is 11.3 Å². The maximum atomic E-state index is 12.5. The number of rotatable bonds is 8. The predicted octanol–water partition coefficient (Wildman–Crippen LogP) is 3.15. The monoisotopic (exact) mass is 459 g/mol. The maximum Gasteiger partial charge on any atom is 0.265 e. The number of thiophene rings is 1. The molecule has 1 saturated heterocycles. The van der Waals surface area contributed by atoms with Gasteiger partial charge in [0.2, 0.25) is 10.0 Å². The Morgan fingerprint density at radius 3 is 2.55 bits per heavy atom. The topological polar surface area (TPSA) is 87.7 Å². The SMILES string of the molecule is O=C(Nc1ccc(S(=O)(=O)NCCCN2CCOCC2)cc1)c1cc2ccccc2s1. The number of carbonyl (C=O) groups is 1. The van der Waals surface area contributed by atoms with E-state index in [1.54, 1.807) is 12.1 Å². The Kier molecular flexibility index (Phi) is 6.99. The Morgan fingerprint density at radius 2 is 1.81 bits per heavy atom. The number of amides is 1. The van der Waals surface area contributed by atoms with Gasteiger partial charge in [0, 0.05) is 30.0 Å². The molecule has 0 saturated carbocycles. The lowest BCUT2D eigenvalue weighted by atomic mass is 10.2. The van der Waals surface area contributed by atoms with Crippen LogP contribution in [0.4, 0.5) is 5.69 Å². The van der Waals surface area contributed by atoms with E-state index in [4.69, 9.17) is 4.74 Å². The van der Waals surface area contributed by atoms with Crippen molar-refractivity contribution in [3.8, 4) is 0 Å². The summed E-state index contributed by atoms with van der Waals surface area (Å²) in [5, 5.41) is 3.85. The number of carbonyl (C=O) groups excluding carboxylic acids is 1. The molecular formula is C22H25N3O4S2. The molecule has 2 N–H and O–H groups in total. The van der Waals surface area contributed by atoms with E-state index in [-0.39, 0.29) is 10.8 Å². The summed E-state index contributed by atoms with van der Waals surface area (Å²) in [6, 6.07) is 15.9. The first kappa shape index (κ1) is 21.9. The molecule has 31 heavy (non-hydrogen) atoms. The molecule has 3 aromatic rings. The third-order valence-electron chi connectivity index (χ3n) is 5.12. The van der Waals surface area contributed by atoms with E-state index in [9.17, 15) is 13.2 Å². The number of benzene rings is 2. The Bertz CT molecular complexity index is 1100. The van der Waals surface area contributed by atoms with E-state index < -0.39 is 10.0 Å². The predicted molar refractivity (Wildman–Crippen MR) is 123 cm³/mol. The number of nitrogens with one attached hydrogen (secondary N) is 2. The number of fused-ring (bicyclic) bond motifs is 1. The molecule has 164 valence electrons. The molecule has 0 aliphatic carbocycles. The summed E-state index contributed by atoms with van der Waals surface area (Å²) in [6.45, 7) is 4.47. The van der Waals surface area contributed by atoms with Crippen molar-refractivity contribution in [3.05, 3.63) is 59.5 Å². The van der Waals surface area contributed by atoms with Crippen molar-refractivity contribution in [1.29, 1.82) is 0 Å². The average Bonchev–Trinajstić information content (AvgIpc) is 3.22. The molecule has 1 aromatic heterocycles. The first-order chi connectivity index (χ1) is 15.0. The molecule has 1 aliphatic rings. The van der Waals surface area contributed by atoms with Crippen LogP contribution >= 0.6 is 11.3 Å². The minimum atomic E-state index is -3.58. The number of nitrogens with zero attached hydrogens (tertiary/aromatic N) is 1. The van der Waals surface area contributed by atoms with Crippen LogP contribution in [0.3, 0.4) is 0 Å². The number of hydrogen-bond acceptors (Lipinski definition) is 6.